The Bertz CT molecular complexity index is 1060. The fourth-order valence-corrected chi connectivity index (χ4v) is 4.04. The molecule has 0 radical (unpaired) electrons. The number of halogens is 1. The molecule has 0 unspecified atom stereocenters. The zero-order chi connectivity index (χ0) is 21.8. The number of nitrogens with zero attached hydrogens (tertiary/aromatic N) is 1. The third-order valence-corrected chi connectivity index (χ3v) is 5.89. The van der Waals surface area contributed by atoms with E-state index in [9.17, 15) is 9.18 Å². The van der Waals surface area contributed by atoms with Gasteiger partial charge in [-0.25, -0.2) is 4.39 Å². The first-order valence-electron chi connectivity index (χ1n) is 11.0. The maximum atomic E-state index is 14.8. The maximum absolute atomic E-state index is 14.8. The van der Waals surface area contributed by atoms with Crippen molar-refractivity contribution in [2.75, 3.05) is 25.0 Å². The van der Waals surface area contributed by atoms with Gasteiger partial charge in [-0.15, -0.1) is 0 Å². The van der Waals surface area contributed by atoms with Gasteiger partial charge in [-0.1, -0.05) is 32.3 Å². The highest BCUT2D eigenvalue weighted by Crippen LogP contribution is 2.32. The van der Waals surface area contributed by atoms with Gasteiger partial charge in [0.15, 0.2) is 0 Å². The van der Waals surface area contributed by atoms with E-state index in [1.807, 2.05) is 35.2 Å². The minimum Gasteiger partial charge on any atom is -0.481 e. The van der Waals surface area contributed by atoms with Crippen LogP contribution in [0, 0.1) is 11.7 Å². The number of benzene rings is 2. The normalized spacial score (nSPS) is 14.6. The van der Waals surface area contributed by atoms with Crippen molar-refractivity contribution in [2.45, 2.75) is 39.2 Å². The highest BCUT2D eigenvalue weighted by atomic mass is 19.1. The van der Waals surface area contributed by atoms with E-state index >= 15 is 0 Å². The van der Waals surface area contributed by atoms with Gasteiger partial charge in [0.05, 0.1) is 11.5 Å². The van der Waals surface area contributed by atoms with Crippen molar-refractivity contribution in [1.82, 2.24) is 4.90 Å². The highest BCUT2D eigenvalue weighted by molar-refractivity contribution is 5.85. The van der Waals surface area contributed by atoms with Crippen molar-refractivity contribution >= 4 is 22.6 Å². The Morgan fingerprint density at radius 3 is 2.74 bits per heavy atom. The van der Waals surface area contributed by atoms with E-state index in [0.717, 1.165) is 35.2 Å². The Morgan fingerprint density at radius 1 is 1.16 bits per heavy atom. The number of hydrogen-bond donors (Lipinski definition) is 2. The molecule has 0 atom stereocenters. The molecule has 0 saturated carbocycles. The molecule has 1 saturated heterocycles. The van der Waals surface area contributed by atoms with Crippen LogP contribution in [0.4, 0.5) is 10.1 Å². The first-order chi connectivity index (χ1) is 15.0. The van der Waals surface area contributed by atoms with Crippen LogP contribution >= 0.6 is 0 Å². The molecule has 6 heteroatoms. The largest absolute Gasteiger partial charge is 0.481 e. The molecular formula is C25H29FN2O3. The first-order valence-corrected chi connectivity index (χ1v) is 11.0. The van der Waals surface area contributed by atoms with Crippen LogP contribution in [0.3, 0.4) is 0 Å². The summed E-state index contributed by atoms with van der Waals surface area (Å²) >= 11 is 0. The fourth-order valence-electron chi connectivity index (χ4n) is 4.04. The summed E-state index contributed by atoms with van der Waals surface area (Å²) in [4.78, 5) is 12.9. The number of rotatable bonds is 10. The monoisotopic (exact) mass is 424 g/mol. The summed E-state index contributed by atoms with van der Waals surface area (Å²) < 4.78 is 20.7. The van der Waals surface area contributed by atoms with E-state index in [0.29, 0.717) is 31.0 Å². The highest BCUT2D eigenvalue weighted by Gasteiger charge is 2.32. The van der Waals surface area contributed by atoms with Crippen LogP contribution < -0.4 is 5.32 Å². The van der Waals surface area contributed by atoms with Crippen molar-refractivity contribution in [2.24, 2.45) is 5.92 Å². The van der Waals surface area contributed by atoms with Gasteiger partial charge in [-0.05, 0) is 48.4 Å². The second kappa shape index (κ2) is 9.52. The lowest BCUT2D eigenvalue weighted by Gasteiger charge is -2.36. The molecule has 0 spiro atoms. The van der Waals surface area contributed by atoms with Gasteiger partial charge < -0.3 is 14.8 Å². The summed E-state index contributed by atoms with van der Waals surface area (Å²) in [7, 11) is 0. The van der Waals surface area contributed by atoms with E-state index in [4.69, 9.17) is 9.52 Å². The van der Waals surface area contributed by atoms with Gasteiger partial charge in [0.1, 0.15) is 17.2 Å². The van der Waals surface area contributed by atoms with Crippen LogP contribution in [-0.4, -0.2) is 35.6 Å². The number of unbranched alkanes of at least 4 members (excludes halogenated alkanes) is 3. The number of likely N-dealkylation sites (tertiary alicyclic amines) is 1. The summed E-state index contributed by atoms with van der Waals surface area (Å²) in [6.07, 6.45) is 4.87. The summed E-state index contributed by atoms with van der Waals surface area (Å²) in [5, 5.41) is 13.4. The van der Waals surface area contributed by atoms with Crippen molar-refractivity contribution in [3.8, 4) is 11.3 Å². The molecule has 1 aliphatic rings. The molecule has 1 fully saturated rings. The SMILES string of the molecule is CCCCCCNc1ccc2oc(-c3ccc(CN4CC(C(=O)O)C4)cc3F)cc2c1. The molecule has 1 aromatic heterocycles. The lowest BCUT2D eigenvalue weighted by Crippen LogP contribution is -2.49. The molecule has 2 aromatic carbocycles. The fraction of sp³-hybridized carbons (Fsp3) is 0.400. The second-order valence-electron chi connectivity index (χ2n) is 8.39. The molecule has 3 aromatic rings. The Balaban J connectivity index is 1.41. The Hall–Kier alpha value is -2.86. The van der Waals surface area contributed by atoms with Crippen molar-refractivity contribution in [1.29, 1.82) is 0 Å². The summed E-state index contributed by atoms with van der Waals surface area (Å²) in [5.74, 6) is -0.900. The first kappa shape index (κ1) is 21.4. The number of anilines is 1. The van der Waals surface area contributed by atoms with Crippen molar-refractivity contribution < 1.29 is 18.7 Å². The van der Waals surface area contributed by atoms with Gasteiger partial charge in [0.2, 0.25) is 0 Å². The van der Waals surface area contributed by atoms with Gasteiger partial charge in [-0.3, -0.25) is 9.69 Å². The van der Waals surface area contributed by atoms with Gasteiger partial charge in [0, 0.05) is 37.3 Å². The number of hydrogen-bond acceptors (Lipinski definition) is 4. The Labute approximate surface area is 181 Å². The molecule has 0 amide bonds. The number of fused-ring (bicyclic) bond motifs is 1. The number of nitrogens with one attached hydrogen (secondary N) is 1. The maximum Gasteiger partial charge on any atom is 0.309 e. The van der Waals surface area contributed by atoms with Gasteiger partial charge in [0.25, 0.3) is 0 Å². The lowest BCUT2D eigenvalue weighted by molar-refractivity contribution is -0.147. The third kappa shape index (κ3) is 5.07. The molecule has 2 N–H and O–H groups in total. The average molecular weight is 425 g/mol. The average Bonchev–Trinajstić information content (AvgIpc) is 3.13. The van der Waals surface area contributed by atoms with E-state index in [2.05, 4.69) is 12.2 Å². The molecular weight excluding hydrogens is 395 g/mol. The number of carboxylic acids is 1. The van der Waals surface area contributed by atoms with Crippen LogP contribution in [0.2, 0.25) is 0 Å². The molecule has 2 heterocycles. The van der Waals surface area contributed by atoms with Crippen molar-refractivity contribution in [3.63, 3.8) is 0 Å². The smallest absolute Gasteiger partial charge is 0.309 e. The van der Waals surface area contributed by atoms with Crippen LogP contribution in [0.1, 0.15) is 38.2 Å². The topological polar surface area (TPSA) is 65.7 Å². The molecule has 1 aliphatic heterocycles. The van der Waals surface area contributed by atoms with E-state index in [1.54, 1.807) is 6.07 Å². The summed E-state index contributed by atoms with van der Waals surface area (Å²) in [6.45, 7) is 4.72. The lowest BCUT2D eigenvalue weighted by atomic mass is 9.99. The summed E-state index contributed by atoms with van der Waals surface area (Å²) in [6, 6.07) is 13.0. The predicted octanol–water partition coefficient (Wildman–Crippen LogP) is 5.75. The van der Waals surface area contributed by atoms with Gasteiger partial charge >= 0.3 is 5.97 Å². The van der Waals surface area contributed by atoms with Crippen LogP contribution in [-0.2, 0) is 11.3 Å². The zero-order valence-corrected chi connectivity index (χ0v) is 17.9. The molecule has 4 rings (SSSR count). The van der Waals surface area contributed by atoms with E-state index in [-0.39, 0.29) is 11.7 Å². The molecule has 0 bridgehead atoms. The van der Waals surface area contributed by atoms with Crippen LogP contribution in [0.5, 0.6) is 0 Å². The Kier molecular flexibility index (Phi) is 6.56. The zero-order valence-electron chi connectivity index (χ0n) is 17.9. The number of aliphatic carboxylic acids is 1. The number of furan rings is 1. The minimum atomic E-state index is -0.766. The van der Waals surface area contributed by atoms with Gasteiger partial charge in [-0.2, -0.15) is 0 Å². The quantitative estimate of drug-likeness (QED) is 0.406. The number of carboxylic acid groups (broad SMARTS) is 1. The summed E-state index contributed by atoms with van der Waals surface area (Å²) in [5.41, 5.74) is 3.04. The van der Waals surface area contributed by atoms with Crippen LogP contribution in [0.25, 0.3) is 22.3 Å². The van der Waals surface area contributed by atoms with Crippen molar-refractivity contribution in [3.05, 3.63) is 53.8 Å². The standard InChI is InChI=1S/C25H29FN2O3/c1-2-3-4-5-10-27-20-7-9-23-18(12-20)13-24(31-23)21-8-6-17(11-22(21)26)14-28-15-19(16-28)25(29)30/h6-9,11-13,19,27H,2-5,10,14-16H2,1H3,(H,29,30). The second-order valence-corrected chi connectivity index (χ2v) is 8.39. The molecule has 5 nitrogen and oxygen atoms in total. The number of carbonyl (C=O) groups is 1. The molecule has 0 aliphatic carbocycles. The molecule has 164 valence electrons. The van der Waals surface area contributed by atoms with E-state index < -0.39 is 5.97 Å². The van der Waals surface area contributed by atoms with Crippen LogP contribution in [0.15, 0.2) is 46.9 Å². The third-order valence-electron chi connectivity index (χ3n) is 5.89. The predicted molar refractivity (Wildman–Crippen MR) is 121 cm³/mol. The minimum absolute atomic E-state index is 0.310. The Morgan fingerprint density at radius 2 is 2.00 bits per heavy atom. The molecule has 31 heavy (non-hydrogen) atoms. The van der Waals surface area contributed by atoms with E-state index in [1.165, 1.54) is 25.3 Å².